The molecule has 0 spiro atoms. The van der Waals surface area contributed by atoms with Crippen molar-refractivity contribution in [3.05, 3.63) is 24.3 Å². The molecule has 3 nitrogen and oxygen atoms in total. The minimum atomic E-state index is -0.478. The molecule has 0 aliphatic heterocycles. The minimum Gasteiger partial charge on any atom is -0.383 e. The summed E-state index contributed by atoms with van der Waals surface area (Å²) < 4.78 is 12.6. The van der Waals surface area contributed by atoms with E-state index in [1.165, 1.54) is 12.3 Å². The van der Waals surface area contributed by atoms with Crippen LogP contribution in [0.1, 0.15) is 26.7 Å². The number of nitrogens with zero attached hydrogens (tertiary/aromatic N) is 2. The average molecular weight is 221 g/mol. The minimum absolute atomic E-state index is 0.0458. The van der Waals surface area contributed by atoms with Gasteiger partial charge < -0.3 is 5.32 Å². The smallest absolute Gasteiger partial charge is 0.212 e. The zero-order valence-corrected chi connectivity index (χ0v) is 9.63. The molecule has 0 amide bonds. The Hall–Kier alpha value is -1.63. The van der Waals surface area contributed by atoms with Gasteiger partial charge in [0, 0.05) is 13.0 Å². The first kappa shape index (κ1) is 12.4. The third kappa shape index (κ3) is 4.26. The number of hydrogen-bond donors (Lipinski definition) is 1. The fraction of sp³-hybridized carbons (Fsp3) is 0.500. The van der Waals surface area contributed by atoms with Crippen LogP contribution in [-0.2, 0) is 0 Å². The van der Waals surface area contributed by atoms with Crippen LogP contribution < -0.4 is 5.32 Å². The molecule has 0 aliphatic rings. The molecule has 1 N–H and O–H groups in total. The first-order valence-corrected chi connectivity index (χ1v) is 5.26. The largest absolute Gasteiger partial charge is 0.383 e. The molecule has 86 valence electrons. The number of halogens is 1. The summed E-state index contributed by atoms with van der Waals surface area (Å²) in [6.07, 6.45) is 2.86. The van der Waals surface area contributed by atoms with Crippen LogP contribution in [0.5, 0.6) is 0 Å². The van der Waals surface area contributed by atoms with Crippen molar-refractivity contribution in [1.29, 1.82) is 5.26 Å². The lowest BCUT2D eigenvalue weighted by Gasteiger charge is -2.24. The Labute approximate surface area is 95.3 Å². The maximum Gasteiger partial charge on any atom is 0.212 e. The Bertz CT molecular complexity index is 365. The molecule has 0 aromatic carbocycles. The van der Waals surface area contributed by atoms with Gasteiger partial charge >= 0.3 is 0 Å². The van der Waals surface area contributed by atoms with Gasteiger partial charge in [-0.3, -0.25) is 0 Å². The number of anilines is 1. The van der Waals surface area contributed by atoms with Crippen molar-refractivity contribution < 1.29 is 4.39 Å². The number of nitriles is 1. The monoisotopic (exact) mass is 221 g/mol. The van der Waals surface area contributed by atoms with E-state index < -0.39 is 5.95 Å². The maximum absolute atomic E-state index is 12.6. The van der Waals surface area contributed by atoms with Crippen molar-refractivity contribution >= 4 is 5.69 Å². The highest BCUT2D eigenvalue weighted by atomic mass is 19.1. The standard InChI is InChI=1S/C12H16FN3/c1-12(2,6-3-7-14)9-16-10-4-5-11(13)15-8-10/h4-5,8,16H,3,6,9H2,1-2H3. The SMILES string of the molecule is CC(C)(CCC#N)CNc1ccc(F)nc1. The predicted molar refractivity (Wildman–Crippen MR) is 61.3 cm³/mol. The molecular weight excluding hydrogens is 205 g/mol. The van der Waals surface area contributed by atoms with Gasteiger partial charge in [-0.1, -0.05) is 13.8 Å². The molecule has 1 rings (SSSR count). The van der Waals surface area contributed by atoms with Crippen LogP contribution in [0.15, 0.2) is 18.3 Å². The summed E-state index contributed by atoms with van der Waals surface area (Å²) in [6.45, 7) is 4.92. The van der Waals surface area contributed by atoms with E-state index >= 15 is 0 Å². The molecule has 0 atom stereocenters. The quantitative estimate of drug-likeness (QED) is 0.777. The van der Waals surface area contributed by atoms with Crippen LogP contribution in [0.4, 0.5) is 10.1 Å². The average Bonchev–Trinajstić information content (AvgIpc) is 2.26. The molecule has 1 heterocycles. The van der Waals surface area contributed by atoms with Gasteiger partial charge in [0.1, 0.15) is 0 Å². The van der Waals surface area contributed by atoms with E-state index in [-0.39, 0.29) is 5.41 Å². The van der Waals surface area contributed by atoms with Crippen molar-refractivity contribution in [1.82, 2.24) is 4.98 Å². The van der Waals surface area contributed by atoms with Crippen molar-refractivity contribution in [2.45, 2.75) is 26.7 Å². The summed E-state index contributed by atoms with van der Waals surface area (Å²) in [5, 5.41) is 11.7. The lowest BCUT2D eigenvalue weighted by atomic mass is 9.88. The summed E-state index contributed by atoms with van der Waals surface area (Å²) in [4.78, 5) is 3.56. The fourth-order valence-corrected chi connectivity index (χ4v) is 1.30. The lowest BCUT2D eigenvalue weighted by Crippen LogP contribution is -2.22. The Balaban J connectivity index is 2.45. The third-order valence-corrected chi connectivity index (χ3v) is 2.41. The van der Waals surface area contributed by atoms with E-state index in [4.69, 9.17) is 5.26 Å². The maximum atomic E-state index is 12.6. The fourth-order valence-electron chi connectivity index (χ4n) is 1.30. The highest BCUT2D eigenvalue weighted by molar-refractivity contribution is 5.39. The Morgan fingerprint density at radius 1 is 1.50 bits per heavy atom. The second-order valence-corrected chi connectivity index (χ2v) is 4.55. The molecule has 0 bridgehead atoms. The number of nitrogens with one attached hydrogen (secondary N) is 1. The van der Waals surface area contributed by atoms with E-state index in [1.807, 2.05) is 0 Å². The van der Waals surface area contributed by atoms with Crippen molar-refractivity contribution in [2.75, 3.05) is 11.9 Å². The number of rotatable bonds is 5. The van der Waals surface area contributed by atoms with Gasteiger partial charge in [-0.15, -0.1) is 0 Å². The summed E-state index contributed by atoms with van der Waals surface area (Å²) in [5.41, 5.74) is 0.843. The summed E-state index contributed by atoms with van der Waals surface area (Å²) in [6, 6.07) is 5.12. The topological polar surface area (TPSA) is 48.7 Å². The highest BCUT2D eigenvalue weighted by Gasteiger charge is 2.16. The van der Waals surface area contributed by atoms with Crippen LogP contribution in [-0.4, -0.2) is 11.5 Å². The van der Waals surface area contributed by atoms with Gasteiger partial charge in [0.2, 0.25) is 5.95 Å². The van der Waals surface area contributed by atoms with Crippen LogP contribution in [0.25, 0.3) is 0 Å². The molecule has 4 heteroatoms. The molecule has 0 saturated carbocycles. The molecule has 16 heavy (non-hydrogen) atoms. The number of pyridine rings is 1. The zero-order chi connectivity index (χ0) is 12.0. The molecule has 0 saturated heterocycles. The second kappa shape index (κ2) is 5.45. The number of aromatic nitrogens is 1. The van der Waals surface area contributed by atoms with E-state index in [9.17, 15) is 4.39 Å². The summed E-state index contributed by atoms with van der Waals surface area (Å²) in [5.74, 6) is -0.478. The first-order chi connectivity index (χ1) is 7.53. The van der Waals surface area contributed by atoms with Crippen LogP contribution in [0, 0.1) is 22.7 Å². The normalized spacial score (nSPS) is 10.9. The Kier molecular flexibility index (Phi) is 4.24. The van der Waals surface area contributed by atoms with Gasteiger partial charge in [-0.2, -0.15) is 9.65 Å². The molecular formula is C12H16FN3. The zero-order valence-electron chi connectivity index (χ0n) is 9.63. The predicted octanol–water partition coefficient (Wildman–Crippen LogP) is 2.96. The van der Waals surface area contributed by atoms with Gasteiger partial charge in [-0.25, -0.2) is 4.98 Å². The van der Waals surface area contributed by atoms with Crippen LogP contribution >= 0.6 is 0 Å². The van der Waals surface area contributed by atoms with E-state index in [0.29, 0.717) is 6.42 Å². The molecule has 0 fully saturated rings. The first-order valence-electron chi connectivity index (χ1n) is 5.26. The summed E-state index contributed by atoms with van der Waals surface area (Å²) >= 11 is 0. The van der Waals surface area contributed by atoms with Crippen molar-refractivity contribution in [3.63, 3.8) is 0 Å². The number of hydrogen-bond acceptors (Lipinski definition) is 3. The van der Waals surface area contributed by atoms with Crippen molar-refractivity contribution in [3.8, 4) is 6.07 Å². The lowest BCUT2D eigenvalue weighted by molar-refractivity contribution is 0.364. The molecule has 0 aliphatic carbocycles. The van der Waals surface area contributed by atoms with E-state index in [2.05, 4.69) is 30.2 Å². The van der Waals surface area contributed by atoms with Crippen LogP contribution in [0.2, 0.25) is 0 Å². The van der Waals surface area contributed by atoms with Gasteiger partial charge in [0.15, 0.2) is 0 Å². The van der Waals surface area contributed by atoms with E-state index in [1.54, 1.807) is 6.07 Å². The molecule has 1 aromatic heterocycles. The van der Waals surface area contributed by atoms with Gasteiger partial charge in [0.05, 0.1) is 18.0 Å². The van der Waals surface area contributed by atoms with E-state index in [0.717, 1.165) is 18.7 Å². The summed E-state index contributed by atoms with van der Waals surface area (Å²) in [7, 11) is 0. The third-order valence-electron chi connectivity index (χ3n) is 2.41. The Morgan fingerprint density at radius 2 is 2.25 bits per heavy atom. The van der Waals surface area contributed by atoms with Gasteiger partial charge in [0.25, 0.3) is 0 Å². The van der Waals surface area contributed by atoms with Gasteiger partial charge in [-0.05, 0) is 24.0 Å². The molecule has 1 aromatic rings. The van der Waals surface area contributed by atoms with Crippen molar-refractivity contribution in [2.24, 2.45) is 5.41 Å². The second-order valence-electron chi connectivity index (χ2n) is 4.55. The molecule has 0 radical (unpaired) electrons. The molecule has 0 unspecified atom stereocenters. The Morgan fingerprint density at radius 3 is 2.81 bits per heavy atom. The highest BCUT2D eigenvalue weighted by Crippen LogP contribution is 2.22. The van der Waals surface area contributed by atoms with Crippen LogP contribution in [0.3, 0.4) is 0 Å².